The Bertz CT molecular complexity index is 794. The number of rotatable bonds is 4. The molecule has 0 aliphatic heterocycles. The van der Waals surface area contributed by atoms with Gasteiger partial charge in [-0.05, 0) is 37.1 Å². The van der Waals surface area contributed by atoms with Crippen molar-refractivity contribution >= 4 is 11.4 Å². The fourth-order valence-corrected chi connectivity index (χ4v) is 1.97. The average Bonchev–Trinajstić information content (AvgIpc) is 2.48. The molecule has 0 amide bonds. The molecule has 3 nitrogen and oxygen atoms in total. The van der Waals surface area contributed by atoms with Gasteiger partial charge in [0.2, 0.25) is 0 Å². The number of aliphatic imine (C=N–C) groups is 1. The van der Waals surface area contributed by atoms with E-state index in [1.165, 1.54) is 18.2 Å². The van der Waals surface area contributed by atoms with E-state index in [1.807, 2.05) is 0 Å². The first-order chi connectivity index (χ1) is 11.8. The number of nitrogens with two attached hydrogens (primary N) is 1. The Hall–Kier alpha value is -2.76. The molecule has 0 heterocycles. The zero-order valence-electron chi connectivity index (χ0n) is 13.8. The Kier molecular flexibility index (Phi) is 6.25. The number of nitriles is 1. The Morgan fingerprint density at radius 2 is 1.81 bits per heavy atom. The van der Waals surface area contributed by atoms with Gasteiger partial charge in [0.1, 0.15) is 11.6 Å². The molecular weight excluding hydrogens is 360 g/mol. The zero-order valence-corrected chi connectivity index (χ0v) is 13.8. The second-order valence-corrected chi connectivity index (χ2v) is 5.48. The van der Waals surface area contributed by atoms with Crippen LogP contribution in [-0.2, 0) is 0 Å². The number of nitrogens with zero attached hydrogens (tertiary/aromatic N) is 2. The summed E-state index contributed by atoms with van der Waals surface area (Å²) in [4.78, 5) is 3.24. The summed E-state index contributed by atoms with van der Waals surface area (Å²) in [6.07, 6.45) is -10.4. The van der Waals surface area contributed by atoms with E-state index in [9.17, 15) is 31.6 Å². The lowest BCUT2D eigenvalue weighted by Crippen LogP contribution is -2.17. The van der Waals surface area contributed by atoms with Crippen molar-refractivity contribution in [1.29, 1.82) is 5.26 Å². The van der Waals surface area contributed by atoms with Crippen LogP contribution in [0.15, 0.2) is 47.1 Å². The van der Waals surface area contributed by atoms with Crippen LogP contribution in [-0.4, -0.2) is 18.1 Å². The van der Waals surface area contributed by atoms with Crippen molar-refractivity contribution in [3.05, 3.63) is 53.3 Å². The number of hydrogen-bond acceptors (Lipinski definition) is 3. The zero-order chi connectivity index (χ0) is 20.3. The number of allylic oxidation sites excluding steroid dienone is 3. The lowest BCUT2D eigenvalue weighted by Gasteiger charge is -2.14. The van der Waals surface area contributed by atoms with Crippen LogP contribution in [0.5, 0.6) is 0 Å². The van der Waals surface area contributed by atoms with Gasteiger partial charge < -0.3 is 5.73 Å². The number of aryl methyl sites for hydroxylation is 1. The minimum atomic E-state index is -5.15. The number of alkyl halides is 6. The summed E-state index contributed by atoms with van der Waals surface area (Å²) in [5, 5.41) is 9.28. The molecule has 0 spiro atoms. The molecule has 0 aliphatic carbocycles. The summed E-state index contributed by atoms with van der Waals surface area (Å²) in [6.45, 7) is 5.36. The summed E-state index contributed by atoms with van der Waals surface area (Å²) >= 11 is 0. The number of halogens is 6. The molecule has 1 rings (SSSR count). The van der Waals surface area contributed by atoms with E-state index in [-0.39, 0.29) is 11.8 Å². The third-order valence-corrected chi connectivity index (χ3v) is 3.44. The Balaban J connectivity index is 3.38. The molecule has 1 unspecified atom stereocenters. The largest absolute Gasteiger partial charge is 0.433 e. The van der Waals surface area contributed by atoms with Gasteiger partial charge in [0.05, 0.1) is 11.6 Å². The van der Waals surface area contributed by atoms with Crippen molar-refractivity contribution < 1.29 is 26.3 Å². The van der Waals surface area contributed by atoms with Crippen LogP contribution in [0.25, 0.3) is 0 Å². The quantitative estimate of drug-likeness (QED) is 0.340. The smallest absolute Gasteiger partial charge is 0.399 e. The van der Waals surface area contributed by atoms with Gasteiger partial charge in [-0.25, -0.2) is 0 Å². The molecule has 2 N–H and O–H groups in total. The van der Waals surface area contributed by atoms with E-state index < -0.39 is 29.5 Å². The summed E-state index contributed by atoms with van der Waals surface area (Å²) < 4.78 is 76.5. The molecule has 0 aliphatic rings. The standard InChI is InChI=1S/C17H15F6N3/c1-9-6-12(4-5-14(9)25)13(8-24)11(3)26-15(17(21,22)23)7-10(2)16(18,19)20/h4-7,13H,2,25H2,1,3H3/b15-7-,26-11+. The Morgan fingerprint density at radius 1 is 1.23 bits per heavy atom. The summed E-state index contributed by atoms with van der Waals surface area (Å²) in [5.41, 5.74) is 3.22. The van der Waals surface area contributed by atoms with Crippen molar-refractivity contribution in [2.75, 3.05) is 5.73 Å². The first-order valence-electron chi connectivity index (χ1n) is 7.13. The molecule has 1 aromatic carbocycles. The third-order valence-electron chi connectivity index (χ3n) is 3.44. The van der Waals surface area contributed by atoms with E-state index in [1.54, 1.807) is 13.0 Å². The minimum absolute atomic E-state index is 0.188. The molecule has 0 saturated heterocycles. The number of hydrogen-bond donors (Lipinski definition) is 1. The molecule has 140 valence electrons. The van der Waals surface area contributed by atoms with Gasteiger partial charge in [-0.1, -0.05) is 18.7 Å². The summed E-state index contributed by atoms with van der Waals surface area (Å²) in [6, 6.07) is 6.23. The lowest BCUT2D eigenvalue weighted by atomic mass is 9.94. The predicted molar refractivity (Wildman–Crippen MR) is 86.4 cm³/mol. The van der Waals surface area contributed by atoms with Crippen molar-refractivity contribution in [2.45, 2.75) is 32.1 Å². The highest BCUT2D eigenvalue weighted by molar-refractivity contribution is 5.92. The SMILES string of the molecule is C=C(/C=C(\N=C(/C)C(C#N)c1ccc(N)c(C)c1)C(F)(F)F)C(F)(F)F. The van der Waals surface area contributed by atoms with Gasteiger partial charge in [0.15, 0.2) is 0 Å². The van der Waals surface area contributed by atoms with Crippen molar-refractivity contribution in [3.8, 4) is 6.07 Å². The van der Waals surface area contributed by atoms with Gasteiger partial charge >= 0.3 is 12.4 Å². The van der Waals surface area contributed by atoms with Crippen LogP contribution in [0.1, 0.15) is 24.0 Å². The van der Waals surface area contributed by atoms with Crippen LogP contribution in [0.4, 0.5) is 32.0 Å². The maximum atomic E-state index is 13.0. The maximum Gasteiger partial charge on any atom is 0.433 e. The van der Waals surface area contributed by atoms with Crippen molar-refractivity contribution in [2.24, 2.45) is 4.99 Å². The molecule has 0 bridgehead atoms. The topological polar surface area (TPSA) is 62.2 Å². The van der Waals surface area contributed by atoms with Crippen molar-refractivity contribution in [3.63, 3.8) is 0 Å². The van der Waals surface area contributed by atoms with Gasteiger partial charge in [0, 0.05) is 11.4 Å². The molecule has 0 saturated carbocycles. The minimum Gasteiger partial charge on any atom is -0.399 e. The van der Waals surface area contributed by atoms with Crippen molar-refractivity contribution in [1.82, 2.24) is 0 Å². The van der Waals surface area contributed by atoms with E-state index in [4.69, 9.17) is 5.73 Å². The van der Waals surface area contributed by atoms with Crippen LogP contribution in [0.2, 0.25) is 0 Å². The third kappa shape index (κ3) is 5.37. The highest BCUT2D eigenvalue weighted by Crippen LogP contribution is 2.33. The van der Waals surface area contributed by atoms with E-state index in [2.05, 4.69) is 11.6 Å². The monoisotopic (exact) mass is 375 g/mol. The summed E-state index contributed by atoms with van der Waals surface area (Å²) in [7, 11) is 0. The summed E-state index contributed by atoms with van der Waals surface area (Å²) in [5.74, 6) is -1.18. The average molecular weight is 375 g/mol. The van der Waals surface area contributed by atoms with Gasteiger partial charge in [-0.3, -0.25) is 4.99 Å². The second kappa shape index (κ2) is 7.64. The maximum absolute atomic E-state index is 13.0. The Morgan fingerprint density at radius 3 is 2.23 bits per heavy atom. The molecule has 1 atom stereocenters. The molecule has 0 fully saturated rings. The molecule has 26 heavy (non-hydrogen) atoms. The first kappa shape index (κ1) is 21.3. The molecule has 0 radical (unpaired) electrons. The Labute approximate surface area is 146 Å². The van der Waals surface area contributed by atoms with E-state index >= 15 is 0 Å². The predicted octanol–water partition coefficient (Wildman–Crippen LogP) is 5.21. The molecule has 0 aromatic heterocycles. The van der Waals surface area contributed by atoms with Gasteiger partial charge in [-0.2, -0.15) is 31.6 Å². The fourth-order valence-electron chi connectivity index (χ4n) is 1.97. The highest BCUT2D eigenvalue weighted by Gasteiger charge is 2.38. The normalized spacial score (nSPS) is 14.7. The fraction of sp³-hybridized carbons (Fsp3) is 0.294. The molecule has 9 heteroatoms. The van der Waals surface area contributed by atoms with Crippen LogP contribution in [0.3, 0.4) is 0 Å². The van der Waals surface area contributed by atoms with Gasteiger partial charge in [-0.15, -0.1) is 0 Å². The number of benzene rings is 1. The number of anilines is 1. The van der Waals surface area contributed by atoms with Gasteiger partial charge in [0.25, 0.3) is 0 Å². The number of nitrogen functional groups attached to an aromatic ring is 1. The van der Waals surface area contributed by atoms with Crippen LogP contribution < -0.4 is 5.73 Å². The lowest BCUT2D eigenvalue weighted by molar-refractivity contribution is -0.0959. The molecule has 1 aromatic rings. The van der Waals surface area contributed by atoms with Crippen LogP contribution >= 0.6 is 0 Å². The van der Waals surface area contributed by atoms with E-state index in [0.29, 0.717) is 16.8 Å². The molecular formula is C17H15F6N3. The highest BCUT2D eigenvalue weighted by atomic mass is 19.4. The second-order valence-electron chi connectivity index (χ2n) is 5.48. The van der Waals surface area contributed by atoms with Crippen LogP contribution in [0, 0.1) is 18.3 Å². The first-order valence-corrected chi connectivity index (χ1v) is 7.13. The van der Waals surface area contributed by atoms with E-state index in [0.717, 1.165) is 6.92 Å².